The van der Waals surface area contributed by atoms with Gasteiger partial charge in [-0.1, -0.05) is 23.8 Å². The summed E-state index contributed by atoms with van der Waals surface area (Å²) in [6, 6.07) is 12.2. The van der Waals surface area contributed by atoms with Gasteiger partial charge in [0.2, 0.25) is 0 Å². The van der Waals surface area contributed by atoms with Gasteiger partial charge in [0.15, 0.2) is 11.5 Å². The number of nitrogens with one attached hydrogen (secondary N) is 1. The molecule has 0 bridgehead atoms. The molecule has 0 radical (unpaired) electrons. The number of rotatable bonds is 5. The molecule has 0 spiro atoms. The molecule has 2 N–H and O–H groups in total. The van der Waals surface area contributed by atoms with Crippen molar-refractivity contribution in [2.75, 3.05) is 11.9 Å². The molecule has 0 fully saturated rings. The van der Waals surface area contributed by atoms with Crippen LogP contribution in [0.2, 0.25) is 0 Å². The Bertz CT molecular complexity index is 864. The molecule has 0 aliphatic heterocycles. The van der Waals surface area contributed by atoms with Gasteiger partial charge in [-0.15, -0.1) is 0 Å². The van der Waals surface area contributed by atoms with E-state index in [0.29, 0.717) is 23.6 Å². The summed E-state index contributed by atoms with van der Waals surface area (Å²) in [5.41, 5.74) is 3.24. The summed E-state index contributed by atoms with van der Waals surface area (Å²) < 4.78 is 5.31. The van der Waals surface area contributed by atoms with Crippen LogP contribution in [0.15, 0.2) is 42.0 Å². The topological polar surface area (TPSA) is 82.3 Å². The fraction of sp³-hybridized carbons (Fsp3) is 0.200. The molecular formula is C20H20N2O3. The lowest BCUT2D eigenvalue weighted by Gasteiger charge is -2.09. The Kier molecular flexibility index (Phi) is 5.80. The number of phenols is 1. The van der Waals surface area contributed by atoms with Crippen molar-refractivity contribution in [2.24, 2.45) is 0 Å². The number of anilines is 1. The van der Waals surface area contributed by atoms with E-state index in [0.717, 1.165) is 11.1 Å². The molecule has 2 rings (SSSR count). The van der Waals surface area contributed by atoms with Crippen LogP contribution in [-0.2, 0) is 4.79 Å². The molecule has 5 nitrogen and oxygen atoms in total. The van der Waals surface area contributed by atoms with Crippen molar-refractivity contribution in [1.82, 2.24) is 0 Å². The number of benzene rings is 2. The number of amides is 1. The molecular weight excluding hydrogens is 316 g/mol. The van der Waals surface area contributed by atoms with Crippen LogP contribution in [0.4, 0.5) is 5.69 Å². The van der Waals surface area contributed by atoms with E-state index in [-0.39, 0.29) is 11.3 Å². The average Bonchev–Trinajstić information content (AvgIpc) is 2.58. The molecule has 0 aliphatic carbocycles. The minimum absolute atomic E-state index is 0.0113. The number of nitriles is 1. The fourth-order valence-electron chi connectivity index (χ4n) is 2.35. The number of aromatic hydroxyl groups is 1. The average molecular weight is 336 g/mol. The predicted octanol–water partition coefficient (Wildman–Crippen LogP) is 3.95. The zero-order valence-corrected chi connectivity index (χ0v) is 14.5. The molecule has 2 aromatic rings. The lowest BCUT2D eigenvalue weighted by molar-refractivity contribution is -0.112. The Balaban J connectivity index is 2.26. The second-order valence-electron chi connectivity index (χ2n) is 5.60. The van der Waals surface area contributed by atoms with E-state index in [1.807, 2.05) is 38.1 Å². The summed E-state index contributed by atoms with van der Waals surface area (Å²) in [6.45, 7) is 6.08. The van der Waals surface area contributed by atoms with Gasteiger partial charge >= 0.3 is 0 Å². The van der Waals surface area contributed by atoms with Crippen LogP contribution < -0.4 is 10.1 Å². The predicted molar refractivity (Wildman–Crippen MR) is 97.4 cm³/mol. The molecule has 0 saturated carbocycles. The molecule has 0 unspecified atom stereocenters. The van der Waals surface area contributed by atoms with Gasteiger partial charge in [0.05, 0.1) is 6.61 Å². The molecule has 0 heterocycles. The second kappa shape index (κ2) is 8.02. The number of hydrogen-bond acceptors (Lipinski definition) is 4. The highest BCUT2D eigenvalue weighted by molar-refractivity contribution is 6.10. The van der Waals surface area contributed by atoms with Crippen molar-refractivity contribution in [2.45, 2.75) is 20.8 Å². The lowest BCUT2D eigenvalue weighted by atomic mass is 10.1. The highest BCUT2D eigenvalue weighted by atomic mass is 16.5. The van der Waals surface area contributed by atoms with E-state index in [9.17, 15) is 15.2 Å². The maximum atomic E-state index is 12.4. The van der Waals surface area contributed by atoms with E-state index in [1.54, 1.807) is 19.1 Å². The van der Waals surface area contributed by atoms with Crippen LogP contribution in [-0.4, -0.2) is 17.6 Å². The van der Waals surface area contributed by atoms with Crippen molar-refractivity contribution < 1.29 is 14.6 Å². The number of nitrogens with zero attached hydrogens (tertiary/aromatic N) is 1. The van der Waals surface area contributed by atoms with Gasteiger partial charge in [0.25, 0.3) is 5.91 Å². The lowest BCUT2D eigenvalue weighted by Crippen LogP contribution is -2.14. The highest BCUT2D eigenvalue weighted by Crippen LogP contribution is 2.28. The van der Waals surface area contributed by atoms with E-state index in [2.05, 4.69) is 5.32 Å². The van der Waals surface area contributed by atoms with Crippen LogP contribution in [0, 0.1) is 25.2 Å². The number of carbonyl (C=O) groups is 1. The Morgan fingerprint density at radius 1 is 1.28 bits per heavy atom. The number of aryl methyl sites for hydroxylation is 2. The normalized spacial score (nSPS) is 10.9. The molecule has 0 aromatic heterocycles. The van der Waals surface area contributed by atoms with E-state index in [1.165, 1.54) is 12.1 Å². The summed E-state index contributed by atoms with van der Waals surface area (Å²) in [4.78, 5) is 12.4. The molecule has 0 saturated heterocycles. The van der Waals surface area contributed by atoms with Crippen molar-refractivity contribution in [1.29, 1.82) is 5.26 Å². The summed E-state index contributed by atoms with van der Waals surface area (Å²) in [7, 11) is 0. The number of carbonyl (C=O) groups excluding carboxylic acids is 1. The van der Waals surface area contributed by atoms with Gasteiger partial charge in [0.1, 0.15) is 11.6 Å². The van der Waals surface area contributed by atoms with Crippen molar-refractivity contribution in [3.63, 3.8) is 0 Å². The maximum absolute atomic E-state index is 12.4. The minimum Gasteiger partial charge on any atom is -0.504 e. The SMILES string of the molecule is CCOc1cc(/C=C(\C#N)C(=O)Nc2ccc(C)cc2C)ccc1O. The monoisotopic (exact) mass is 336 g/mol. The molecule has 1 amide bonds. The van der Waals surface area contributed by atoms with Crippen LogP contribution >= 0.6 is 0 Å². The maximum Gasteiger partial charge on any atom is 0.266 e. The van der Waals surface area contributed by atoms with Gasteiger partial charge in [0, 0.05) is 5.69 Å². The van der Waals surface area contributed by atoms with Gasteiger partial charge in [-0.05, 0) is 56.2 Å². The Morgan fingerprint density at radius 2 is 2.04 bits per heavy atom. The molecule has 0 aliphatic rings. The Hall–Kier alpha value is -3.26. The number of hydrogen-bond donors (Lipinski definition) is 2. The van der Waals surface area contributed by atoms with Crippen LogP contribution in [0.25, 0.3) is 6.08 Å². The molecule has 128 valence electrons. The quantitative estimate of drug-likeness (QED) is 0.640. The highest BCUT2D eigenvalue weighted by Gasteiger charge is 2.12. The second-order valence-corrected chi connectivity index (χ2v) is 5.60. The fourth-order valence-corrected chi connectivity index (χ4v) is 2.35. The largest absolute Gasteiger partial charge is 0.504 e. The first-order valence-electron chi connectivity index (χ1n) is 7.90. The molecule has 2 aromatic carbocycles. The zero-order chi connectivity index (χ0) is 18.4. The van der Waals surface area contributed by atoms with Gasteiger partial charge in [-0.3, -0.25) is 4.79 Å². The van der Waals surface area contributed by atoms with Gasteiger partial charge in [-0.2, -0.15) is 5.26 Å². The summed E-state index contributed by atoms with van der Waals surface area (Å²) >= 11 is 0. The first-order chi connectivity index (χ1) is 11.9. The van der Waals surface area contributed by atoms with Gasteiger partial charge < -0.3 is 15.2 Å². The summed E-state index contributed by atoms with van der Waals surface area (Å²) in [5, 5.41) is 21.8. The van der Waals surface area contributed by atoms with Crippen LogP contribution in [0.5, 0.6) is 11.5 Å². The van der Waals surface area contributed by atoms with Gasteiger partial charge in [-0.25, -0.2) is 0 Å². The van der Waals surface area contributed by atoms with Crippen molar-refractivity contribution >= 4 is 17.7 Å². The van der Waals surface area contributed by atoms with Crippen molar-refractivity contribution in [3.05, 3.63) is 58.7 Å². The van der Waals surface area contributed by atoms with E-state index < -0.39 is 5.91 Å². The summed E-state index contributed by atoms with van der Waals surface area (Å²) in [6.07, 6.45) is 1.46. The number of ether oxygens (including phenoxy) is 1. The summed E-state index contributed by atoms with van der Waals surface area (Å²) in [5.74, 6) is -0.166. The standard InChI is InChI=1S/C20H20N2O3/c1-4-25-19-11-15(6-8-18(19)23)10-16(12-21)20(24)22-17-7-5-13(2)9-14(17)3/h5-11,23H,4H2,1-3H3,(H,22,24)/b16-10+. The first kappa shape index (κ1) is 18.1. The molecule has 25 heavy (non-hydrogen) atoms. The third-order valence-electron chi connectivity index (χ3n) is 3.59. The van der Waals surface area contributed by atoms with Crippen LogP contribution in [0.1, 0.15) is 23.6 Å². The molecule has 0 atom stereocenters. The Labute approximate surface area is 147 Å². The van der Waals surface area contributed by atoms with E-state index >= 15 is 0 Å². The minimum atomic E-state index is -0.486. The first-order valence-corrected chi connectivity index (χ1v) is 7.90. The Morgan fingerprint density at radius 3 is 2.68 bits per heavy atom. The zero-order valence-electron chi connectivity index (χ0n) is 14.5. The smallest absolute Gasteiger partial charge is 0.266 e. The third-order valence-corrected chi connectivity index (χ3v) is 3.59. The van der Waals surface area contributed by atoms with E-state index in [4.69, 9.17) is 4.74 Å². The van der Waals surface area contributed by atoms with Crippen LogP contribution in [0.3, 0.4) is 0 Å². The van der Waals surface area contributed by atoms with Crippen molar-refractivity contribution in [3.8, 4) is 17.6 Å². The number of phenolic OH excluding ortho intramolecular Hbond substituents is 1. The molecule has 5 heteroatoms. The third kappa shape index (κ3) is 4.61.